The van der Waals surface area contributed by atoms with E-state index in [2.05, 4.69) is 5.32 Å². The van der Waals surface area contributed by atoms with Crippen LogP contribution in [0.15, 0.2) is 17.5 Å². The Morgan fingerprint density at radius 3 is 3.15 bits per heavy atom. The summed E-state index contributed by atoms with van der Waals surface area (Å²) in [6.45, 7) is 2.74. The number of carbonyl (C=O) groups is 1. The molecule has 2 rings (SSSR count). The minimum Gasteiger partial charge on any atom is -0.383 e. The molecule has 1 aromatic rings. The maximum absolute atomic E-state index is 12.3. The number of thiophene rings is 1. The number of nitrogens with zero attached hydrogens (tertiary/aromatic N) is 1. The van der Waals surface area contributed by atoms with Crippen LogP contribution in [0, 0.1) is 0 Å². The molecule has 1 saturated heterocycles. The summed E-state index contributed by atoms with van der Waals surface area (Å²) in [5.41, 5.74) is -1.27. The van der Waals surface area contributed by atoms with Crippen molar-refractivity contribution in [2.75, 3.05) is 33.4 Å². The topological polar surface area (TPSA) is 61.8 Å². The lowest BCUT2D eigenvalue weighted by molar-refractivity contribution is -0.157. The van der Waals surface area contributed by atoms with Gasteiger partial charge in [0, 0.05) is 38.2 Å². The maximum atomic E-state index is 12.3. The minimum absolute atomic E-state index is 0.181. The molecule has 1 aromatic heterocycles. The molecule has 112 valence electrons. The van der Waals surface area contributed by atoms with Crippen molar-refractivity contribution in [1.29, 1.82) is 0 Å². The third-order valence-corrected chi connectivity index (χ3v) is 4.44. The number of aliphatic hydroxyl groups is 1. The van der Waals surface area contributed by atoms with Gasteiger partial charge in [-0.05, 0) is 24.3 Å². The smallest absolute Gasteiger partial charge is 0.255 e. The summed E-state index contributed by atoms with van der Waals surface area (Å²) in [6.07, 6.45) is 1.35. The molecule has 1 amide bonds. The van der Waals surface area contributed by atoms with Gasteiger partial charge in [0.15, 0.2) is 5.60 Å². The van der Waals surface area contributed by atoms with E-state index in [1.807, 2.05) is 17.5 Å². The monoisotopic (exact) mass is 298 g/mol. The van der Waals surface area contributed by atoms with E-state index in [1.54, 1.807) is 23.3 Å². The lowest BCUT2D eigenvalue weighted by Crippen LogP contribution is -2.58. The number of hydrogen-bond acceptors (Lipinski definition) is 5. The molecule has 0 aromatic carbocycles. The summed E-state index contributed by atoms with van der Waals surface area (Å²) >= 11 is 1.66. The summed E-state index contributed by atoms with van der Waals surface area (Å²) < 4.78 is 5.00. The first-order valence-electron chi connectivity index (χ1n) is 6.89. The average molecular weight is 298 g/mol. The molecule has 1 aliphatic rings. The first-order valence-corrected chi connectivity index (χ1v) is 7.77. The molecule has 0 bridgehead atoms. The van der Waals surface area contributed by atoms with Gasteiger partial charge in [0.05, 0.1) is 6.61 Å². The van der Waals surface area contributed by atoms with E-state index in [4.69, 9.17) is 4.74 Å². The quantitative estimate of drug-likeness (QED) is 0.783. The highest BCUT2D eigenvalue weighted by atomic mass is 32.1. The number of amides is 1. The van der Waals surface area contributed by atoms with Gasteiger partial charge in [-0.3, -0.25) is 4.79 Å². The number of methoxy groups -OCH3 is 1. The van der Waals surface area contributed by atoms with Crippen molar-refractivity contribution >= 4 is 17.2 Å². The highest BCUT2D eigenvalue weighted by molar-refractivity contribution is 7.09. The summed E-state index contributed by atoms with van der Waals surface area (Å²) in [5, 5.41) is 15.8. The van der Waals surface area contributed by atoms with Crippen LogP contribution in [0.5, 0.6) is 0 Å². The Balaban J connectivity index is 1.85. The Kier molecular flexibility index (Phi) is 5.54. The molecule has 2 N–H and O–H groups in total. The van der Waals surface area contributed by atoms with E-state index in [9.17, 15) is 9.90 Å². The fraction of sp³-hybridized carbons (Fsp3) is 0.643. The Bertz CT molecular complexity index is 424. The molecular formula is C14H22N2O3S. The summed E-state index contributed by atoms with van der Waals surface area (Å²) in [5.74, 6) is -0.181. The third-order valence-electron chi connectivity index (χ3n) is 3.57. The zero-order chi connectivity index (χ0) is 14.4. The Labute approximate surface area is 123 Å². The first-order chi connectivity index (χ1) is 9.65. The number of piperidine rings is 1. The van der Waals surface area contributed by atoms with Gasteiger partial charge in [0.25, 0.3) is 5.91 Å². The molecule has 0 aliphatic carbocycles. The van der Waals surface area contributed by atoms with E-state index < -0.39 is 5.60 Å². The van der Waals surface area contributed by atoms with Gasteiger partial charge in [-0.1, -0.05) is 6.07 Å². The van der Waals surface area contributed by atoms with Gasteiger partial charge in [0.1, 0.15) is 0 Å². The van der Waals surface area contributed by atoms with E-state index in [-0.39, 0.29) is 5.91 Å². The van der Waals surface area contributed by atoms with Gasteiger partial charge in [-0.15, -0.1) is 11.3 Å². The van der Waals surface area contributed by atoms with Crippen LogP contribution in [0.1, 0.15) is 17.7 Å². The predicted molar refractivity (Wildman–Crippen MR) is 78.7 cm³/mol. The van der Waals surface area contributed by atoms with E-state index in [0.717, 1.165) is 6.42 Å². The van der Waals surface area contributed by atoms with Crippen molar-refractivity contribution in [2.45, 2.75) is 25.0 Å². The highest BCUT2D eigenvalue weighted by Crippen LogP contribution is 2.22. The van der Waals surface area contributed by atoms with Crippen LogP contribution < -0.4 is 5.32 Å². The van der Waals surface area contributed by atoms with Gasteiger partial charge in [-0.2, -0.15) is 0 Å². The van der Waals surface area contributed by atoms with Crippen LogP contribution in [0.3, 0.4) is 0 Å². The molecule has 0 spiro atoms. The van der Waals surface area contributed by atoms with Crippen LogP contribution in [0.2, 0.25) is 0 Å². The number of likely N-dealkylation sites (tertiary alicyclic amines) is 1. The van der Waals surface area contributed by atoms with Crippen molar-refractivity contribution in [1.82, 2.24) is 10.2 Å². The second-order valence-corrected chi connectivity index (χ2v) is 6.14. The third kappa shape index (κ3) is 3.79. The average Bonchev–Trinajstić information content (AvgIpc) is 2.94. The molecule has 0 unspecified atom stereocenters. The molecule has 20 heavy (non-hydrogen) atoms. The normalized spacial score (nSPS) is 23.3. The molecule has 5 nitrogen and oxygen atoms in total. The SMILES string of the molecule is COCCN1CCC[C@](O)(CNCc2cccs2)C1=O. The number of hydrogen-bond donors (Lipinski definition) is 2. The molecule has 6 heteroatoms. The van der Waals surface area contributed by atoms with Crippen LogP contribution in [0.25, 0.3) is 0 Å². The van der Waals surface area contributed by atoms with Crippen LogP contribution in [-0.2, 0) is 16.1 Å². The molecular weight excluding hydrogens is 276 g/mol. The number of rotatable bonds is 7. The molecule has 1 atom stereocenters. The summed E-state index contributed by atoms with van der Waals surface area (Å²) in [7, 11) is 1.61. The van der Waals surface area contributed by atoms with Gasteiger partial charge >= 0.3 is 0 Å². The predicted octanol–water partition coefficient (Wildman–Crippen LogP) is 0.838. The molecule has 2 heterocycles. The van der Waals surface area contributed by atoms with Crippen LogP contribution in [0.4, 0.5) is 0 Å². The zero-order valence-corrected chi connectivity index (χ0v) is 12.6. The lowest BCUT2D eigenvalue weighted by atomic mass is 9.91. The van der Waals surface area contributed by atoms with E-state index in [0.29, 0.717) is 39.2 Å². The Morgan fingerprint density at radius 2 is 2.45 bits per heavy atom. The van der Waals surface area contributed by atoms with Gasteiger partial charge in [-0.25, -0.2) is 0 Å². The summed E-state index contributed by atoms with van der Waals surface area (Å²) in [6, 6.07) is 4.03. The number of ether oxygens (including phenoxy) is 1. The largest absolute Gasteiger partial charge is 0.383 e. The second-order valence-electron chi connectivity index (χ2n) is 5.10. The fourth-order valence-corrected chi connectivity index (χ4v) is 3.12. The summed E-state index contributed by atoms with van der Waals surface area (Å²) in [4.78, 5) is 15.2. The van der Waals surface area contributed by atoms with Crippen molar-refractivity contribution in [2.24, 2.45) is 0 Å². The van der Waals surface area contributed by atoms with Crippen LogP contribution >= 0.6 is 11.3 Å². The van der Waals surface area contributed by atoms with Crippen molar-refractivity contribution in [3.8, 4) is 0 Å². The van der Waals surface area contributed by atoms with E-state index >= 15 is 0 Å². The minimum atomic E-state index is -1.27. The molecule has 0 radical (unpaired) electrons. The zero-order valence-electron chi connectivity index (χ0n) is 11.8. The van der Waals surface area contributed by atoms with Gasteiger partial charge in [0.2, 0.25) is 0 Å². The van der Waals surface area contributed by atoms with Crippen molar-refractivity contribution in [3.05, 3.63) is 22.4 Å². The molecule has 1 fully saturated rings. The lowest BCUT2D eigenvalue weighted by Gasteiger charge is -2.38. The van der Waals surface area contributed by atoms with Crippen molar-refractivity contribution < 1.29 is 14.6 Å². The van der Waals surface area contributed by atoms with Crippen molar-refractivity contribution in [3.63, 3.8) is 0 Å². The van der Waals surface area contributed by atoms with Gasteiger partial charge < -0.3 is 20.1 Å². The maximum Gasteiger partial charge on any atom is 0.255 e. The standard InChI is InChI=1S/C14H22N2O3S/c1-19-8-7-16-6-3-5-14(18,13(16)17)11-15-10-12-4-2-9-20-12/h2,4,9,15,18H,3,5-8,10-11H2,1H3/t14-/m0/s1. The Hall–Kier alpha value is -0.950. The highest BCUT2D eigenvalue weighted by Gasteiger charge is 2.41. The number of carbonyl (C=O) groups excluding carboxylic acids is 1. The first kappa shape index (κ1) is 15.4. The fourth-order valence-electron chi connectivity index (χ4n) is 2.45. The van der Waals surface area contributed by atoms with Crippen LogP contribution in [-0.4, -0.2) is 54.9 Å². The second kappa shape index (κ2) is 7.17. The molecule has 0 saturated carbocycles. The molecule has 1 aliphatic heterocycles. The number of nitrogens with one attached hydrogen (secondary N) is 1. The Morgan fingerprint density at radius 1 is 1.60 bits per heavy atom. The van der Waals surface area contributed by atoms with E-state index in [1.165, 1.54) is 4.88 Å².